The van der Waals surface area contributed by atoms with E-state index in [0.717, 1.165) is 16.6 Å². The number of nitrogens with one attached hydrogen (secondary N) is 1. The third-order valence-corrected chi connectivity index (χ3v) is 3.16. The number of esters is 1. The summed E-state index contributed by atoms with van der Waals surface area (Å²) < 4.78 is 4.80. The molecule has 0 aliphatic heterocycles. The molecule has 0 saturated carbocycles. The predicted molar refractivity (Wildman–Crippen MR) is 69.4 cm³/mol. The van der Waals surface area contributed by atoms with Crippen molar-refractivity contribution in [2.45, 2.75) is 26.9 Å². The van der Waals surface area contributed by atoms with Gasteiger partial charge in [-0.1, -0.05) is 12.1 Å². The number of H-pyrrole nitrogens is 1. The summed E-state index contributed by atoms with van der Waals surface area (Å²) >= 11 is 0. The standard InChI is InChI=1S/C14H17NO3/c1-4-18-14(17)13(16)10-5-6-11-8(2)9(3)15-12(11)7-10/h5-7,13,15-16H,4H2,1-3H3. The Bertz CT molecular complexity index is 586. The first-order valence-electron chi connectivity index (χ1n) is 5.98. The fourth-order valence-electron chi connectivity index (χ4n) is 2.02. The van der Waals surface area contributed by atoms with Crippen LogP contribution in [0.15, 0.2) is 18.2 Å². The van der Waals surface area contributed by atoms with Crippen molar-refractivity contribution in [3.8, 4) is 0 Å². The molecule has 2 aromatic rings. The lowest BCUT2D eigenvalue weighted by atomic mass is 10.1. The molecule has 0 bridgehead atoms. The van der Waals surface area contributed by atoms with Crippen LogP contribution in [0.25, 0.3) is 10.9 Å². The van der Waals surface area contributed by atoms with E-state index in [0.29, 0.717) is 5.56 Å². The smallest absolute Gasteiger partial charge is 0.339 e. The average molecular weight is 247 g/mol. The minimum atomic E-state index is -1.22. The van der Waals surface area contributed by atoms with Gasteiger partial charge >= 0.3 is 5.97 Å². The number of carbonyl (C=O) groups is 1. The second-order valence-electron chi connectivity index (χ2n) is 4.33. The Morgan fingerprint density at radius 1 is 1.44 bits per heavy atom. The molecule has 0 saturated heterocycles. The van der Waals surface area contributed by atoms with E-state index in [4.69, 9.17) is 4.74 Å². The van der Waals surface area contributed by atoms with Gasteiger partial charge in [-0.25, -0.2) is 4.79 Å². The molecule has 1 heterocycles. The van der Waals surface area contributed by atoms with Crippen molar-refractivity contribution in [2.75, 3.05) is 6.61 Å². The van der Waals surface area contributed by atoms with Crippen molar-refractivity contribution in [3.63, 3.8) is 0 Å². The second-order valence-corrected chi connectivity index (χ2v) is 4.33. The molecule has 1 aromatic heterocycles. The molecule has 96 valence electrons. The van der Waals surface area contributed by atoms with Crippen molar-refractivity contribution < 1.29 is 14.6 Å². The molecule has 1 atom stereocenters. The number of carbonyl (C=O) groups excluding carboxylic acids is 1. The van der Waals surface area contributed by atoms with E-state index in [9.17, 15) is 9.90 Å². The highest BCUT2D eigenvalue weighted by atomic mass is 16.5. The second kappa shape index (κ2) is 4.82. The summed E-state index contributed by atoms with van der Waals surface area (Å²) in [6, 6.07) is 5.45. The van der Waals surface area contributed by atoms with Crippen LogP contribution in [-0.4, -0.2) is 22.7 Å². The Morgan fingerprint density at radius 2 is 2.17 bits per heavy atom. The zero-order valence-electron chi connectivity index (χ0n) is 10.8. The lowest BCUT2D eigenvalue weighted by Crippen LogP contribution is -2.15. The normalized spacial score (nSPS) is 12.7. The highest BCUT2D eigenvalue weighted by Crippen LogP contribution is 2.25. The number of aliphatic hydroxyl groups is 1. The number of hydrogen-bond acceptors (Lipinski definition) is 3. The van der Waals surface area contributed by atoms with Gasteiger partial charge in [-0.05, 0) is 38.0 Å². The number of hydrogen-bond donors (Lipinski definition) is 2. The summed E-state index contributed by atoms with van der Waals surface area (Å²) in [5.74, 6) is -0.614. The zero-order valence-corrected chi connectivity index (χ0v) is 10.8. The van der Waals surface area contributed by atoms with E-state index in [-0.39, 0.29) is 6.61 Å². The number of aromatic amines is 1. The van der Waals surface area contributed by atoms with Crippen LogP contribution in [0.5, 0.6) is 0 Å². The van der Waals surface area contributed by atoms with Crippen LogP contribution in [0.1, 0.15) is 29.8 Å². The van der Waals surface area contributed by atoms with Crippen molar-refractivity contribution in [2.24, 2.45) is 0 Å². The molecule has 0 fully saturated rings. The van der Waals surface area contributed by atoms with Crippen molar-refractivity contribution in [3.05, 3.63) is 35.0 Å². The van der Waals surface area contributed by atoms with Crippen LogP contribution >= 0.6 is 0 Å². The van der Waals surface area contributed by atoms with E-state index in [1.54, 1.807) is 19.1 Å². The minimum Gasteiger partial charge on any atom is -0.464 e. The fourth-order valence-corrected chi connectivity index (χ4v) is 2.02. The van der Waals surface area contributed by atoms with Crippen LogP contribution in [0.3, 0.4) is 0 Å². The maximum atomic E-state index is 11.5. The minimum absolute atomic E-state index is 0.263. The Hall–Kier alpha value is -1.81. The van der Waals surface area contributed by atoms with Gasteiger partial charge in [0, 0.05) is 16.6 Å². The monoisotopic (exact) mass is 247 g/mol. The first kappa shape index (κ1) is 12.6. The van der Waals surface area contributed by atoms with E-state index >= 15 is 0 Å². The topological polar surface area (TPSA) is 62.3 Å². The van der Waals surface area contributed by atoms with Crippen molar-refractivity contribution in [1.82, 2.24) is 4.98 Å². The largest absolute Gasteiger partial charge is 0.464 e. The highest BCUT2D eigenvalue weighted by molar-refractivity contribution is 5.86. The summed E-state index contributed by atoms with van der Waals surface area (Å²) in [6.45, 7) is 6.01. The van der Waals surface area contributed by atoms with Gasteiger partial charge in [-0.2, -0.15) is 0 Å². The lowest BCUT2D eigenvalue weighted by molar-refractivity contribution is -0.153. The van der Waals surface area contributed by atoms with Gasteiger partial charge in [0.15, 0.2) is 6.10 Å². The molecule has 2 N–H and O–H groups in total. The molecule has 0 spiro atoms. The van der Waals surface area contributed by atoms with E-state index in [2.05, 4.69) is 4.98 Å². The Labute approximate surface area is 106 Å². The zero-order chi connectivity index (χ0) is 13.3. The maximum absolute atomic E-state index is 11.5. The molecule has 18 heavy (non-hydrogen) atoms. The quantitative estimate of drug-likeness (QED) is 0.818. The Balaban J connectivity index is 2.38. The average Bonchev–Trinajstić information content (AvgIpc) is 2.64. The van der Waals surface area contributed by atoms with Crippen LogP contribution in [0, 0.1) is 13.8 Å². The molecule has 0 radical (unpaired) electrons. The molecular formula is C14H17NO3. The summed E-state index contributed by atoms with van der Waals surface area (Å²) in [7, 11) is 0. The van der Waals surface area contributed by atoms with Crippen LogP contribution in [-0.2, 0) is 9.53 Å². The third kappa shape index (κ3) is 2.11. The number of ether oxygens (including phenoxy) is 1. The number of fused-ring (bicyclic) bond motifs is 1. The van der Waals surface area contributed by atoms with Crippen LogP contribution in [0.4, 0.5) is 0 Å². The SMILES string of the molecule is CCOC(=O)C(O)c1ccc2c(C)c(C)[nH]c2c1. The van der Waals surface area contributed by atoms with E-state index in [1.165, 1.54) is 5.56 Å². The maximum Gasteiger partial charge on any atom is 0.339 e. The van der Waals surface area contributed by atoms with E-state index in [1.807, 2.05) is 19.9 Å². The number of benzene rings is 1. The summed E-state index contributed by atoms with van der Waals surface area (Å²) in [5.41, 5.74) is 3.74. The fraction of sp³-hybridized carbons (Fsp3) is 0.357. The molecule has 0 aliphatic carbocycles. The molecule has 4 nitrogen and oxygen atoms in total. The molecule has 1 unspecified atom stereocenters. The predicted octanol–water partition coefficient (Wildman–Crippen LogP) is 2.38. The first-order chi connectivity index (χ1) is 8.54. The Morgan fingerprint density at radius 3 is 2.83 bits per heavy atom. The Kier molecular flexibility index (Phi) is 3.39. The van der Waals surface area contributed by atoms with Gasteiger partial charge in [0.25, 0.3) is 0 Å². The van der Waals surface area contributed by atoms with Gasteiger partial charge in [-0.3, -0.25) is 0 Å². The summed E-state index contributed by atoms with van der Waals surface area (Å²) in [6.07, 6.45) is -1.22. The van der Waals surface area contributed by atoms with Gasteiger partial charge in [0.05, 0.1) is 6.61 Å². The third-order valence-electron chi connectivity index (χ3n) is 3.16. The molecular weight excluding hydrogens is 230 g/mol. The molecule has 1 aromatic carbocycles. The van der Waals surface area contributed by atoms with E-state index < -0.39 is 12.1 Å². The van der Waals surface area contributed by atoms with Crippen molar-refractivity contribution in [1.29, 1.82) is 0 Å². The number of aromatic nitrogens is 1. The molecule has 0 amide bonds. The van der Waals surface area contributed by atoms with Gasteiger partial charge in [0.1, 0.15) is 0 Å². The number of aliphatic hydroxyl groups excluding tert-OH is 1. The summed E-state index contributed by atoms with van der Waals surface area (Å²) in [5, 5.41) is 11.0. The molecule has 4 heteroatoms. The number of aryl methyl sites for hydroxylation is 2. The van der Waals surface area contributed by atoms with Gasteiger partial charge < -0.3 is 14.8 Å². The van der Waals surface area contributed by atoms with Gasteiger partial charge in [-0.15, -0.1) is 0 Å². The lowest BCUT2D eigenvalue weighted by Gasteiger charge is -2.09. The highest BCUT2D eigenvalue weighted by Gasteiger charge is 2.19. The molecule has 0 aliphatic rings. The first-order valence-corrected chi connectivity index (χ1v) is 5.98. The van der Waals surface area contributed by atoms with Gasteiger partial charge in [0.2, 0.25) is 0 Å². The van der Waals surface area contributed by atoms with Crippen LogP contribution in [0.2, 0.25) is 0 Å². The summed E-state index contributed by atoms with van der Waals surface area (Å²) in [4.78, 5) is 14.7. The van der Waals surface area contributed by atoms with Crippen LogP contribution < -0.4 is 0 Å². The number of rotatable bonds is 3. The molecule has 2 rings (SSSR count). The van der Waals surface area contributed by atoms with Crippen molar-refractivity contribution >= 4 is 16.9 Å².